The van der Waals surface area contributed by atoms with E-state index in [2.05, 4.69) is 15.6 Å². The Labute approximate surface area is 159 Å². The Balaban J connectivity index is 1.55. The zero-order valence-corrected chi connectivity index (χ0v) is 15.1. The third-order valence-electron chi connectivity index (χ3n) is 4.64. The lowest BCUT2D eigenvalue weighted by molar-refractivity contribution is -0.385. The van der Waals surface area contributed by atoms with Crippen LogP contribution in [-0.4, -0.2) is 45.9 Å². The van der Waals surface area contributed by atoms with Crippen molar-refractivity contribution < 1.29 is 18.5 Å². The van der Waals surface area contributed by atoms with Crippen molar-refractivity contribution in [3.8, 4) is 0 Å². The molecule has 0 bridgehead atoms. The van der Waals surface area contributed by atoms with Gasteiger partial charge in [0.1, 0.15) is 23.6 Å². The monoisotopic (exact) mass is 391 g/mol. The van der Waals surface area contributed by atoms with E-state index in [-0.39, 0.29) is 17.4 Å². The van der Waals surface area contributed by atoms with Crippen molar-refractivity contribution in [1.29, 1.82) is 0 Å². The van der Waals surface area contributed by atoms with Crippen LogP contribution < -0.4 is 10.6 Å². The molecule has 10 heteroatoms. The molecule has 148 valence electrons. The summed E-state index contributed by atoms with van der Waals surface area (Å²) >= 11 is 0. The molecule has 1 aliphatic heterocycles. The van der Waals surface area contributed by atoms with E-state index in [0.29, 0.717) is 18.9 Å². The second kappa shape index (κ2) is 8.26. The molecule has 1 aromatic heterocycles. The van der Waals surface area contributed by atoms with Crippen LogP contribution in [0.4, 0.5) is 26.0 Å². The Morgan fingerprint density at radius 3 is 2.82 bits per heavy atom. The Bertz CT molecular complexity index is 878. The van der Waals surface area contributed by atoms with E-state index >= 15 is 0 Å². The SMILES string of the molecule is CC(C(=O)Nc1cc(F)ccc1F)N1CCC(Nc2ccc([N+](=O)[O-])cn2)C1. The molecule has 1 amide bonds. The van der Waals surface area contributed by atoms with Gasteiger partial charge in [0.2, 0.25) is 5.91 Å². The average molecular weight is 391 g/mol. The van der Waals surface area contributed by atoms with Gasteiger partial charge >= 0.3 is 0 Å². The molecule has 1 aromatic carbocycles. The van der Waals surface area contributed by atoms with Gasteiger partial charge in [-0.25, -0.2) is 13.8 Å². The molecule has 0 spiro atoms. The first-order chi connectivity index (χ1) is 13.3. The summed E-state index contributed by atoms with van der Waals surface area (Å²) in [5.74, 6) is -1.26. The van der Waals surface area contributed by atoms with E-state index in [9.17, 15) is 23.7 Å². The van der Waals surface area contributed by atoms with Gasteiger partial charge in [0, 0.05) is 31.3 Å². The number of aromatic nitrogens is 1. The normalized spacial score (nSPS) is 17.9. The molecule has 8 nitrogen and oxygen atoms in total. The highest BCUT2D eigenvalue weighted by molar-refractivity contribution is 5.94. The van der Waals surface area contributed by atoms with Crippen molar-refractivity contribution in [2.24, 2.45) is 0 Å². The number of carbonyl (C=O) groups excluding carboxylic acids is 1. The lowest BCUT2D eigenvalue weighted by atomic mass is 10.2. The zero-order valence-electron chi connectivity index (χ0n) is 15.1. The van der Waals surface area contributed by atoms with Gasteiger partial charge in [0.25, 0.3) is 5.69 Å². The van der Waals surface area contributed by atoms with Crippen LogP contribution in [-0.2, 0) is 4.79 Å². The lowest BCUT2D eigenvalue weighted by Gasteiger charge is -2.23. The van der Waals surface area contributed by atoms with Crippen LogP contribution in [0.1, 0.15) is 13.3 Å². The van der Waals surface area contributed by atoms with E-state index in [1.54, 1.807) is 6.92 Å². The second-order valence-electron chi connectivity index (χ2n) is 6.57. The molecule has 2 N–H and O–H groups in total. The topological polar surface area (TPSA) is 100 Å². The molecule has 28 heavy (non-hydrogen) atoms. The van der Waals surface area contributed by atoms with E-state index in [1.807, 2.05) is 4.90 Å². The number of pyridine rings is 1. The van der Waals surface area contributed by atoms with Crippen LogP contribution in [0.25, 0.3) is 0 Å². The van der Waals surface area contributed by atoms with Crippen molar-refractivity contribution in [2.45, 2.75) is 25.4 Å². The number of rotatable bonds is 6. The first-order valence-electron chi connectivity index (χ1n) is 8.70. The Hall–Kier alpha value is -3.14. The van der Waals surface area contributed by atoms with Crippen molar-refractivity contribution in [3.05, 3.63) is 58.3 Å². The first-order valence-corrected chi connectivity index (χ1v) is 8.70. The predicted octanol–water partition coefficient (Wildman–Crippen LogP) is 2.78. The number of halogens is 2. The number of carbonyl (C=O) groups is 1. The van der Waals surface area contributed by atoms with Crippen molar-refractivity contribution >= 4 is 23.1 Å². The molecule has 0 aliphatic carbocycles. The number of hydrogen-bond donors (Lipinski definition) is 2. The fourth-order valence-electron chi connectivity index (χ4n) is 3.04. The van der Waals surface area contributed by atoms with Gasteiger partial charge in [0.05, 0.1) is 16.7 Å². The highest BCUT2D eigenvalue weighted by Crippen LogP contribution is 2.20. The molecule has 1 fully saturated rings. The molecular formula is C18H19F2N5O3. The minimum atomic E-state index is -0.702. The van der Waals surface area contributed by atoms with Crippen molar-refractivity contribution in [2.75, 3.05) is 23.7 Å². The molecule has 2 aromatic rings. The average Bonchev–Trinajstić information content (AvgIpc) is 3.13. The smallest absolute Gasteiger partial charge is 0.287 e. The maximum Gasteiger partial charge on any atom is 0.287 e. The second-order valence-corrected chi connectivity index (χ2v) is 6.57. The minimum Gasteiger partial charge on any atom is -0.366 e. The third-order valence-corrected chi connectivity index (χ3v) is 4.64. The summed E-state index contributed by atoms with van der Waals surface area (Å²) in [4.78, 5) is 28.5. The van der Waals surface area contributed by atoms with Crippen LogP contribution in [0.3, 0.4) is 0 Å². The number of hydrogen-bond acceptors (Lipinski definition) is 6. The summed E-state index contributed by atoms with van der Waals surface area (Å²) in [6, 6.07) is 5.25. The Kier molecular flexibility index (Phi) is 5.78. The van der Waals surface area contributed by atoms with Crippen LogP contribution in [0.2, 0.25) is 0 Å². The van der Waals surface area contributed by atoms with E-state index in [4.69, 9.17) is 0 Å². The summed E-state index contributed by atoms with van der Waals surface area (Å²) < 4.78 is 26.9. The summed E-state index contributed by atoms with van der Waals surface area (Å²) in [5.41, 5.74) is -0.283. The number of nitrogens with one attached hydrogen (secondary N) is 2. The molecular weight excluding hydrogens is 372 g/mol. The van der Waals surface area contributed by atoms with Gasteiger partial charge in [-0.05, 0) is 31.5 Å². The summed E-state index contributed by atoms with van der Waals surface area (Å²) in [6.07, 6.45) is 1.92. The van der Waals surface area contributed by atoms with E-state index < -0.39 is 28.5 Å². The van der Waals surface area contributed by atoms with Gasteiger partial charge in [-0.15, -0.1) is 0 Å². The van der Waals surface area contributed by atoms with Gasteiger partial charge in [-0.1, -0.05) is 0 Å². The fourth-order valence-corrected chi connectivity index (χ4v) is 3.04. The highest BCUT2D eigenvalue weighted by atomic mass is 19.1. The number of likely N-dealkylation sites (tertiary alicyclic amines) is 1. The lowest BCUT2D eigenvalue weighted by Crippen LogP contribution is -2.41. The number of nitrogens with zero attached hydrogens (tertiary/aromatic N) is 3. The molecule has 0 saturated carbocycles. The van der Waals surface area contributed by atoms with Gasteiger partial charge in [0.15, 0.2) is 0 Å². The van der Waals surface area contributed by atoms with Crippen LogP contribution in [0, 0.1) is 21.7 Å². The summed E-state index contributed by atoms with van der Waals surface area (Å²) in [6.45, 7) is 2.86. The molecule has 0 radical (unpaired) electrons. The number of anilines is 2. The van der Waals surface area contributed by atoms with Crippen molar-refractivity contribution in [1.82, 2.24) is 9.88 Å². The summed E-state index contributed by atoms with van der Waals surface area (Å²) in [5, 5.41) is 16.3. The Morgan fingerprint density at radius 2 is 2.14 bits per heavy atom. The Morgan fingerprint density at radius 1 is 1.36 bits per heavy atom. The van der Waals surface area contributed by atoms with Gasteiger partial charge < -0.3 is 10.6 Å². The molecule has 1 aliphatic rings. The zero-order chi connectivity index (χ0) is 20.3. The largest absolute Gasteiger partial charge is 0.366 e. The number of benzene rings is 1. The van der Waals surface area contributed by atoms with E-state index in [1.165, 1.54) is 18.3 Å². The van der Waals surface area contributed by atoms with Crippen LogP contribution in [0.5, 0.6) is 0 Å². The van der Waals surface area contributed by atoms with Crippen molar-refractivity contribution in [3.63, 3.8) is 0 Å². The minimum absolute atomic E-state index is 0.00936. The van der Waals surface area contributed by atoms with Crippen LogP contribution in [0.15, 0.2) is 36.5 Å². The maximum absolute atomic E-state index is 13.7. The molecule has 2 unspecified atom stereocenters. The third kappa shape index (κ3) is 4.58. The van der Waals surface area contributed by atoms with Gasteiger partial charge in [-0.2, -0.15) is 0 Å². The molecule has 2 heterocycles. The highest BCUT2D eigenvalue weighted by Gasteiger charge is 2.30. The molecule has 1 saturated heterocycles. The standard InChI is InChI=1S/C18H19F2N5O3/c1-11(18(26)23-16-8-12(19)2-4-15(16)20)24-7-6-13(10-24)22-17-5-3-14(9-21-17)25(27)28/h2-5,8-9,11,13H,6-7,10H2,1H3,(H,21,22)(H,23,26). The van der Waals surface area contributed by atoms with Crippen LogP contribution >= 0.6 is 0 Å². The fraction of sp³-hybridized carbons (Fsp3) is 0.333. The number of nitro groups is 1. The first kappa shape index (κ1) is 19.6. The maximum atomic E-state index is 13.7. The summed E-state index contributed by atoms with van der Waals surface area (Å²) in [7, 11) is 0. The molecule has 3 rings (SSSR count). The number of amides is 1. The predicted molar refractivity (Wildman–Crippen MR) is 98.9 cm³/mol. The molecule has 2 atom stereocenters. The van der Waals surface area contributed by atoms with Gasteiger partial charge in [-0.3, -0.25) is 19.8 Å². The van der Waals surface area contributed by atoms with E-state index in [0.717, 1.165) is 24.6 Å². The quantitative estimate of drug-likeness (QED) is 0.580.